The maximum absolute atomic E-state index is 12.8. The predicted molar refractivity (Wildman–Crippen MR) is 369 cm³/mol. The summed E-state index contributed by atoms with van der Waals surface area (Å²) in [6.45, 7) is 3.94. The van der Waals surface area contributed by atoms with E-state index >= 15 is 0 Å². The number of phosphoric acid groups is 1. The van der Waals surface area contributed by atoms with Crippen LogP contribution in [0.15, 0.2) is 194 Å². The maximum atomic E-state index is 12.8. The van der Waals surface area contributed by atoms with Crippen molar-refractivity contribution in [1.82, 2.24) is 0 Å². The van der Waals surface area contributed by atoms with Gasteiger partial charge in [0.25, 0.3) is 7.82 Å². The number of esters is 2. The summed E-state index contributed by atoms with van der Waals surface area (Å²) in [6.07, 6.45) is 101. The van der Waals surface area contributed by atoms with Crippen molar-refractivity contribution in [3.63, 3.8) is 0 Å². The molecule has 0 aromatic rings. The summed E-state index contributed by atoms with van der Waals surface area (Å²) >= 11 is 0. The summed E-state index contributed by atoms with van der Waals surface area (Å²) in [4.78, 5) is 38.0. The third-order valence-electron chi connectivity index (χ3n) is 13.1. The Morgan fingerprint density at radius 1 is 0.360 bits per heavy atom. The van der Waals surface area contributed by atoms with Crippen LogP contribution in [0.2, 0.25) is 0 Å². The van der Waals surface area contributed by atoms with Crippen molar-refractivity contribution in [1.29, 1.82) is 0 Å². The first-order valence-electron chi connectivity index (χ1n) is 33.1. The van der Waals surface area contributed by atoms with Crippen molar-refractivity contribution in [2.24, 2.45) is 0 Å². The highest BCUT2D eigenvalue weighted by Crippen LogP contribution is 2.38. The molecule has 86 heavy (non-hydrogen) atoms. The zero-order chi connectivity index (χ0) is 62.6. The molecule has 0 aliphatic rings. The average molecular weight is 1210 g/mol. The van der Waals surface area contributed by atoms with Gasteiger partial charge >= 0.3 is 11.9 Å². The molecule has 0 aliphatic carbocycles. The van der Waals surface area contributed by atoms with E-state index in [1.54, 1.807) is 0 Å². The Balaban J connectivity index is 4.23. The van der Waals surface area contributed by atoms with E-state index in [0.717, 1.165) is 161 Å². The van der Waals surface area contributed by atoms with Crippen LogP contribution in [0.5, 0.6) is 0 Å². The number of quaternary nitrogens is 1. The molecule has 0 aliphatic heterocycles. The quantitative estimate of drug-likeness (QED) is 0.0195. The van der Waals surface area contributed by atoms with Gasteiger partial charge in [-0.1, -0.05) is 260 Å². The van der Waals surface area contributed by atoms with Gasteiger partial charge in [-0.3, -0.25) is 14.2 Å². The fourth-order valence-electron chi connectivity index (χ4n) is 8.10. The lowest BCUT2D eigenvalue weighted by Crippen LogP contribution is -2.37. The van der Waals surface area contributed by atoms with Gasteiger partial charge in [-0.2, -0.15) is 0 Å². The van der Waals surface area contributed by atoms with E-state index < -0.39 is 32.5 Å². The van der Waals surface area contributed by atoms with Crippen molar-refractivity contribution in [3.8, 4) is 0 Å². The number of likely N-dealkylation sites (N-methyl/N-ethyl adjacent to an activating group) is 1. The minimum atomic E-state index is -4.66. The molecule has 0 heterocycles. The number of hydrogen-bond donors (Lipinski definition) is 0. The monoisotopic (exact) mass is 1210 g/mol. The predicted octanol–water partition coefficient (Wildman–Crippen LogP) is 21.1. The van der Waals surface area contributed by atoms with E-state index in [1.165, 1.54) is 19.3 Å². The Hall–Kier alpha value is -5.15. The van der Waals surface area contributed by atoms with Crippen LogP contribution >= 0.6 is 7.82 Å². The third kappa shape index (κ3) is 68.0. The van der Waals surface area contributed by atoms with E-state index in [-0.39, 0.29) is 26.1 Å². The molecule has 0 N–H and O–H groups in total. The summed E-state index contributed by atoms with van der Waals surface area (Å²) in [6, 6.07) is 0. The molecule has 2 unspecified atom stereocenters. The molecule has 0 radical (unpaired) electrons. The average Bonchev–Trinajstić information content (AvgIpc) is 3.56. The maximum Gasteiger partial charge on any atom is 0.306 e. The van der Waals surface area contributed by atoms with Gasteiger partial charge in [-0.25, -0.2) is 0 Å². The number of phosphoric ester groups is 1. The van der Waals surface area contributed by atoms with E-state index in [1.807, 2.05) is 21.1 Å². The largest absolute Gasteiger partial charge is 0.756 e. The number of ether oxygens (including phenoxy) is 2. The highest BCUT2D eigenvalue weighted by molar-refractivity contribution is 7.45. The van der Waals surface area contributed by atoms with Gasteiger partial charge in [0.05, 0.1) is 27.7 Å². The normalized spacial score (nSPS) is 14.4. The van der Waals surface area contributed by atoms with Crippen molar-refractivity contribution < 1.29 is 42.1 Å². The summed E-state index contributed by atoms with van der Waals surface area (Å²) < 4.78 is 34.2. The Morgan fingerprint density at radius 2 is 0.628 bits per heavy atom. The molecule has 9 nitrogen and oxygen atoms in total. The van der Waals surface area contributed by atoms with Gasteiger partial charge in [-0.15, -0.1) is 0 Å². The molecule has 10 heteroatoms. The van der Waals surface area contributed by atoms with Crippen LogP contribution in [0.1, 0.15) is 219 Å². The van der Waals surface area contributed by atoms with E-state index in [2.05, 4.69) is 208 Å². The van der Waals surface area contributed by atoms with Crippen LogP contribution in [0.3, 0.4) is 0 Å². The van der Waals surface area contributed by atoms with Gasteiger partial charge in [0.2, 0.25) is 0 Å². The number of allylic oxidation sites excluding steroid dienone is 32. The molecular weight excluding hydrogens is 1090 g/mol. The fraction of sp³-hybridized carbons (Fsp3) is 0.553. The molecule has 0 saturated heterocycles. The first-order chi connectivity index (χ1) is 42.0. The Labute approximate surface area is 526 Å². The Morgan fingerprint density at radius 3 is 0.930 bits per heavy atom. The SMILES string of the molecule is CC/C=C\C/C=C\C/C=C\C/C=C\C/C=C\C/C=C\C/C=C\C/C=C\C/C=C\C/C=C\C/C=C\CCCCCCCC(=O)OC(COC(=O)CCCCCCCCC/C=C\C/C=C\C/C=C\C/C=C\C/C=C\CC)COP(=O)([O-])OCC[N+](C)(C)C. The number of rotatable bonds is 58. The standard InChI is InChI=1S/C76H120NO8P/c1-6-8-10-12-14-16-18-20-22-24-26-28-30-31-32-33-34-35-36-37-38-39-40-41-42-43-44-45-47-49-51-53-55-57-59-61-63-65-67-69-76(79)85-74(73-84-86(80,81)83-71-70-77(3,4)5)72-82-75(78)68-66-64-62-60-58-56-54-52-50-48-46-29-27-25-23-21-19-17-15-13-11-9-7-2/h8-11,14-17,20-23,26-29,31-32,34-35,37-38,40-41,43-44,47-50,53,55,74H,6-7,12-13,18-19,24-25,30,33,36,39,42,45-46,51-52,54,56-73H2,1-5H3/b10-8-,11-9-,16-14-,17-15-,22-20-,23-21-,28-26-,29-27-,32-31-,35-34-,38-37-,41-40-,44-43-,49-47-,50-48-,55-53-. The molecule has 0 spiro atoms. The van der Waals surface area contributed by atoms with Gasteiger partial charge in [0.15, 0.2) is 6.10 Å². The topological polar surface area (TPSA) is 111 Å². The lowest BCUT2D eigenvalue weighted by Gasteiger charge is -2.28. The molecule has 0 saturated carbocycles. The first kappa shape index (κ1) is 80.8. The Kier molecular flexibility index (Phi) is 60.5. The van der Waals surface area contributed by atoms with Crippen LogP contribution in [0.25, 0.3) is 0 Å². The minimum absolute atomic E-state index is 0.0484. The van der Waals surface area contributed by atoms with E-state index in [0.29, 0.717) is 23.9 Å². The number of nitrogens with zero attached hydrogens (tertiary/aromatic N) is 1. The molecular formula is C76H120NO8P. The summed E-state index contributed by atoms with van der Waals surface area (Å²) in [5.41, 5.74) is 0. The highest BCUT2D eigenvalue weighted by atomic mass is 31.2. The molecule has 2 atom stereocenters. The second kappa shape index (κ2) is 64.3. The number of carbonyl (C=O) groups excluding carboxylic acids is 2. The molecule has 0 aromatic heterocycles. The number of hydrogen-bond acceptors (Lipinski definition) is 8. The van der Waals surface area contributed by atoms with Gasteiger partial charge in [-0.05, 0) is 141 Å². The van der Waals surface area contributed by atoms with Crippen LogP contribution in [-0.4, -0.2) is 70.0 Å². The van der Waals surface area contributed by atoms with Crippen molar-refractivity contribution in [2.75, 3.05) is 47.5 Å². The zero-order valence-electron chi connectivity index (χ0n) is 54.7. The molecule has 0 amide bonds. The molecule has 0 aromatic carbocycles. The van der Waals surface area contributed by atoms with Gasteiger partial charge in [0, 0.05) is 12.8 Å². The Bertz CT molecular complexity index is 2150. The van der Waals surface area contributed by atoms with Crippen molar-refractivity contribution in [2.45, 2.75) is 225 Å². The molecule has 482 valence electrons. The molecule has 0 fully saturated rings. The highest BCUT2D eigenvalue weighted by Gasteiger charge is 2.22. The number of unbranched alkanes of at least 4 members (excludes halogenated alkanes) is 12. The van der Waals surface area contributed by atoms with Crippen molar-refractivity contribution >= 4 is 19.8 Å². The lowest BCUT2D eigenvalue weighted by molar-refractivity contribution is -0.870. The summed E-state index contributed by atoms with van der Waals surface area (Å²) in [5, 5.41) is 0. The first-order valence-corrected chi connectivity index (χ1v) is 34.6. The molecule has 0 rings (SSSR count). The van der Waals surface area contributed by atoms with E-state index in [4.69, 9.17) is 18.5 Å². The number of carbonyl (C=O) groups is 2. The second-order valence-electron chi connectivity index (χ2n) is 22.4. The van der Waals surface area contributed by atoms with Crippen LogP contribution in [-0.2, 0) is 32.7 Å². The van der Waals surface area contributed by atoms with Gasteiger partial charge < -0.3 is 27.9 Å². The van der Waals surface area contributed by atoms with Crippen LogP contribution in [0, 0.1) is 0 Å². The van der Waals surface area contributed by atoms with Gasteiger partial charge in [0.1, 0.15) is 19.8 Å². The summed E-state index contributed by atoms with van der Waals surface area (Å²) in [5.74, 6) is -0.885. The zero-order valence-corrected chi connectivity index (χ0v) is 55.6. The van der Waals surface area contributed by atoms with E-state index in [9.17, 15) is 19.0 Å². The van der Waals surface area contributed by atoms with Crippen LogP contribution in [0.4, 0.5) is 0 Å². The summed E-state index contributed by atoms with van der Waals surface area (Å²) in [7, 11) is 1.11. The lowest BCUT2D eigenvalue weighted by atomic mass is 10.1. The minimum Gasteiger partial charge on any atom is -0.756 e. The third-order valence-corrected chi connectivity index (χ3v) is 14.1. The second-order valence-corrected chi connectivity index (χ2v) is 23.8. The van der Waals surface area contributed by atoms with Crippen LogP contribution < -0.4 is 4.89 Å². The smallest absolute Gasteiger partial charge is 0.306 e. The van der Waals surface area contributed by atoms with Crippen molar-refractivity contribution in [3.05, 3.63) is 194 Å². The molecule has 0 bridgehead atoms. The fourth-order valence-corrected chi connectivity index (χ4v) is 8.83.